The van der Waals surface area contributed by atoms with Gasteiger partial charge in [0.2, 0.25) is 0 Å². The van der Waals surface area contributed by atoms with Crippen molar-refractivity contribution in [1.29, 1.82) is 0 Å². The highest BCUT2D eigenvalue weighted by atomic mass is 16.6. The number of nitrogens with one attached hydrogen (secondary N) is 1. The van der Waals surface area contributed by atoms with Crippen molar-refractivity contribution in [2.24, 2.45) is 5.41 Å². The van der Waals surface area contributed by atoms with Gasteiger partial charge < -0.3 is 10.1 Å². The first-order valence-electron chi connectivity index (χ1n) is 9.86. The Hall–Kier alpha value is -2.96. The normalized spacial score (nSPS) is 20.8. The largest absolute Gasteiger partial charge is 0.463 e. The second-order valence-electron chi connectivity index (χ2n) is 8.21. The number of Topliss-reactive ketones (excluding diaryl/α,β-unsaturated/α-hetero) is 1. The minimum absolute atomic E-state index is 0.0101. The SMILES string of the molecule is CCOC(=O)C1=C(CC)NC2=C(C(=O)CC(C)(C)C2)[C@@H]1c1ccc([N+](=O)[O-])cc1. The van der Waals surface area contributed by atoms with Crippen LogP contribution in [0.15, 0.2) is 46.8 Å². The van der Waals surface area contributed by atoms with Gasteiger partial charge in [-0.3, -0.25) is 14.9 Å². The Morgan fingerprint density at radius 2 is 1.90 bits per heavy atom. The third-order valence-electron chi connectivity index (χ3n) is 5.41. The lowest BCUT2D eigenvalue weighted by Gasteiger charge is -2.39. The lowest BCUT2D eigenvalue weighted by atomic mass is 9.68. The summed E-state index contributed by atoms with van der Waals surface area (Å²) < 4.78 is 5.30. The first kappa shape index (κ1) is 20.8. The predicted octanol–water partition coefficient (Wildman–Crippen LogP) is 4.15. The fourth-order valence-electron chi connectivity index (χ4n) is 4.20. The second-order valence-corrected chi connectivity index (χ2v) is 8.21. The molecule has 1 aliphatic carbocycles. The molecule has 0 unspecified atom stereocenters. The number of benzene rings is 1. The lowest BCUT2D eigenvalue weighted by molar-refractivity contribution is -0.384. The Balaban J connectivity index is 2.19. The van der Waals surface area contributed by atoms with Crippen LogP contribution in [-0.4, -0.2) is 23.3 Å². The third-order valence-corrected chi connectivity index (χ3v) is 5.41. The Morgan fingerprint density at radius 1 is 1.24 bits per heavy atom. The minimum Gasteiger partial charge on any atom is -0.463 e. The summed E-state index contributed by atoms with van der Waals surface area (Å²) in [4.78, 5) is 36.6. The minimum atomic E-state index is -0.593. The molecule has 1 aliphatic heterocycles. The number of allylic oxidation sites excluding steroid dienone is 3. The van der Waals surface area contributed by atoms with Crippen LogP contribution in [0.4, 0.5) is 5.69 Å². The molecule has 29 heavy (non-hydrogen) atoms. The molecule has 0 bridgehead atoms. The number of dihydropyridines is 1. The van der Waals surface area contributed by atoms with Crippen molar-refractivity contribution in [3.8, 4) is 0 Å². The average molecular weight is 398 g/mol. The molecular weight excluding hydrogens is 372 g/mol. The standard InChI is InChI=1S/C22H26N2O5/c1-5-15-20(21(26)29-6-2)18(13-7-9-14(10-8-13)24(27)28)19-16(23-15)11-22(3,4)12-17(19)25/h7-10,18,23H,5-6,11-12H2,1-4H3/t18-/m0/s1. The molecule has 0 radical (unpaired) electrons. The summed E-state index contributed by atoms with van der Waals surface area (Å²) in [5.74, 6) is -1.07. The van der Waals surface area contributed by atoms with E-state index in [2.05, 4.69) is 5.32 Å². The van der Waals surface area contributed by atoms with Crippen LogP contribution in [0.3, 0.4) is 0 Å². The Bertz CT molecular complexity index is 925. The molecule has 1 N–H and O–H groups in total. The van der Waals surface area contributed by atoms with Crippen molar-refractivity contribution in [3.05, 3.63) is 62.5 Å². The van der Waals surface area contributed by atoms with Gasteiger partial charge in [-0.1, -0.05) is 32.9 Å². The zero-order valence-corrected chi connectivity index (χ0v) is 17.2. The van der Waals surface area contributed by atoms with Crippen LogP contribution in [0.5, 0.6) is 0 Å². The summed E-state index contributed by atoms with van der Waals surface area (Å²) in [6, 6.07) is 6.06. The van der Waals surface area contributed by atoms with Crippen molar-refractivity contribution in [1.82, 2.24) is 5.32 Å². The summed E-state index contributed by atoms with van der Waals surface area (Å²) in [5.41, 5.74) is 3.00. The lowest BCUT2D eigenvalue weighted by Crippen LogP contribution is -2.39. The van der Waals surface area contributed by atoms with Gasteiger partial charge in [-0.15, -0.1) is 0 Å². The molecule has 7 nitrogen and oxygen atoms in total. The number of carbonyl (C=O) groups is 2. The van der Waals surface area contributed by atoms with Gasteiger partial charge in [0.25, 0.3) is 5.69 Å². The fraction of sp³-hybridized carbons (Fsp3) is 0.455. The molecule has 3 rings (SSSR count). The maximum atomic E-state index is 13.1. The smallest absolute Gasteiger partial charge is 0.336 e. The average Bonchev–Trinajstić information content (AvgIpc) is 2.65. The van der Waals surface area contributed by atoms with Crippen molar-refractivity contribution in [2.75, 3.05) is 6.61 Å². The summed E-state index contributed by atoms with van der Waals surface area (Å²) in [6.07, 6.45) is 1.65. The van der Waals surface area contributed by atoms with Crippen molar-refractivity contribution < 1.29 is 19.2 Å². The van der Waals surface area contributed by atoms with E-state index in [1.165, 1.54) is 12.1 Å². The molecule has 0 saturated carbocycles. The van der Waals surface area contributed by atoms with E-state index in [0.29, 0.717) is 36.0 Å². The van der Waals surface area contributed by atoms with E-state index in [1.54, 1.807) is 19.1 Å². The molecule has 1 aromatic carbocycles. The predicted molar refractivity (Wildman–Crippen MR) is 108 cm³/mol. The quantitative estimate of drug-likeness (QED) is 0.454. The van der Waals surface area contributed by atoms with Gasteiger partial charge in [-0.2, -0.15) is 0 Å². The van der Waals surface area contributed by atoms with Crippen LogP contribution in [0.25, 0.3) is 0 Å². The number of non-ortho nitro benzene ring substituents is 1. The van der Waals surface area contributed by atoms with Crippen molar-refractivity contribution in [3.63, 3.8) is 0 Å². The number of hydrogen-bond donors (Lipinski definition) is 1. The molecule has 154 valence electrons. The van der Waals surface area contributed by atoms with Gasteiger partial charge in [-0.25, -0.2) is 4.79 Å². The molecule has 1 heterocycles. The van der Waals surface area contributed by atoms with E-state index >= 15 is 0 Å². The summed E-state index contributed by atoms with van der Waals surface area (Å²) in [5, 5.41) is 14.4. The summed E-state index contributed by atoms with van der Waals surface area (Å²) in [6.45, 7) is 8.00. The van der Waals surface area contributed by atoms with Gasteiger partial charge in [-0.05, 0) is 30.7 Å². The Labute approximate surface area is 170 Å². The van der Waals surface area contributed by atoms with E-state index < -0.39 is 16.8 Å². The van der Waals surface area contributed by atoms with Crippen LogP contribution < -0.4 is 5.32 Å². The molecule has 1 aromatic rings. The monoisotopic (exact) mass is 398 g/mol. The number of nitrogens with zero attached hydrogens (tertiary/aromatic N) is 1. The van der Waals surface area contributed by atoms with Gasteiger partial charge in [0.1, 0.15) is 0 Å². The van der Waals surface area contributed by atoms with Gasteiger partial charge >= 0.3 is 5.97 Å². The summed E-state index contributed by atoms with van der Waals surface area (Å²) in [7, 11) is 0. The molecule has 1 atom stereocenters. The number of esters is 1. The zero-order valence-electron chi connectivity index (χ0n) is 17.2. The number of ketones is 1. The first-order chi connectivity index (χ1) is 13.7. The number of ether oxygens (including phenoxy) is 1. The van der Waals surface area contributed by atoms with E-state index in [1.807, 2.05) is 20.8 Å². The highest BCUT2D eigenvalue weighted by Gasteiger charge is 2.43. The van der Waals surface area contributed by atoms with Crippen LogP contribution >= 0.6 is 0 Å². The topological polar surface area (TPSA) is 98.5 Å². The Morgan fingerprint density at radius 3 is 2.45 bits per heavy atom. The number of rotatable bonds is 5. The highest BCUT2D eigenvalue weighted by molar-refractivity contribution is 6.04. The molecular formula is C22H26N2O5. The van der Waals surface area contributed by atoms with Crippen LogP contribution in [0.2, 0.25) is 0 Å². The second kappa shape index (κ2) is 7.81. The van der Waals surface area contributed by atoms with E-state index in [-0.39, 0.29) is 23.5 Å². The summed E-state index contributed by atoms with van der Waals surface area (Å²) >= 11 is 0. The molecule has 0 amide bonds. The fourth-order valence-corrected chi connectivity index (χ4v) is 4.20. The molecule has 0 spiro atoms. The number of carbonyl (C=O) groups excluding carboxylic acids is 2. The number of hydrogen-bond acceptors (Lipinski definition) is 6. The van der Waals surface area contributed by atoms with Crippen LogP contribution in [-0.2, 0) is 14.3 Å². The van der Waals surface area contributed by atoms with E-state index in [4.69, 9.17) is 4.74 Å². The maximum absolute atomic E-state index is 13.1. The molecule has 0 fully saturated rings. The molecule has 0 aromatic heterocycles. The van der Waals surface area contributed by atoms with E-state index in [0.717, 1.165) is 11.4 Å². The van der Waals surface area contributed by atoms with Gasteiger partial charge in [0, 0.05) is 41.4 Å². The van der Waals surface area contributed by atoms with Crippen molar-refractivity contribution >= 4 is 17.4 Å². The molecule has 7 heteroatoms. The van der Waals surface area contributed by atoms with Gasteiger partial charge in [0.05, 0.1) is 17.1 Å². The number of nitro groups is 1. The maximum Gasteiger partial charge on any atom is 0.336 e. The van der Waals surface area contributed by atoms with Crippen molar-refractivity contribution in [2.45, 2.75) is 52.9 Å². The molecule has 0 saturated heterocycles. The number of nitro benzene ring substituents is 1. The Kier molecular flexibility index (Phi) is 5.59. The molecule has 2 aliphatic rings. The van der Waals surface area contributed by atoms with Crippen LogP contribution in [0.1, 0.15) is 58.4 Å². The zero-order chi connectivity index (χ0) is 21.3. The highest BCUT2D eigenvalue weighted by Crippen LogP contribution is 2.47. The van der Waals surface area contributed by atoms with E-state index in [9.17, 15) is 19.7 Å². The third kappa shape index (κ3) is 3.95. The first-order valence-corrected chi connectivity index (χ1v) is 9.86. The van der Waals surface area contributed by atoms with Gasteiger partial charge in [0.15, 0.2) is 5.78 Å². The van der Waals surface area contributed by atoms with Crippen LogP contribution in [0, 0.1) is 15.5 Å².